The Bertz CT molecular complexity index is 569. The van der Waals surface area contributed by atoms with E-state index in [1.165, 1.54) is 5.56 Å². The number of methoxy groups -OCH3 is 2. The van der Waals surface area contributed by atoms with Gasteiger partial charge < -0.3 is 9.47 Å². The lowest BCUT2D eigenvalue weighted by Gasteiger charge is -2.60. The van der Waals surface area contributed by atoms with Crippen molar-refractivity contribution in [3.8, 4) is 0 Å². The van der Waals surface area contributed by atoms with Crippen LogP contribution in [0.3, 0.4) is 0 Å². The van der Waals surface area contributed by atoms with E-state index in [-0.39, 0.29) is 16.2 Å². The molecule has 0 amide bonds. The van der Waals surface area contributed by atoms with Crippen LogP contribution in [-0.4, -0.2) is 14.2 Å². The third kappa shape index (κ3) is 2.47. The quantitative estimate of drug-likeness (QED) is 0.695. The van der Waals surface area contributed by atoms with Gasteiger partial charge in [-0.15, -0.1) is 0 Å². The van der Waals surface area contributed by atoms with Crippen molar-refractivity contribution in [2.24, 2.45) is 10.8 Å². The molecule has 1 aromatic carbocycles. The molecule has 0 bridgehead atoms. The van der Waals surface area contributed by atoms with Crippen molar-refractivity contribution in [3.63, 3.8) is 0 Å². The van der Waals surface area contributed by atoms with Crippen LogP contribution in [0.1, 0.15) is 59.4 Å². The van der Waals surface area contributed by atoms with Gasteiger partial charge in [0.2, 0.25) is 0 Å². The first kappa shape index (κ1) is 17.9. The molecule has 0 heterocycles. The lowest BCUT2D eigenvalue weighted by Crippen LogP contribution is -2.56. The fourth-order valence-corrected chi connectivity index (χ4v) is 5.20. The minimum absolute atomic E-state index is 0.00336. The van der Waals surface area contributed by atoms with Crippen LogP contribution in [0.5, 0.6) is 0 Å². The molecule has 0 aromatic heterocycles. The predicted molar refractivity (Wildman–Crippen MR) is 96.3 cm³/mol. The maximum atomic E-state index is 5.88. The second-order valence-corrected chi connectivity index (χ2v) is 7.87. The zero-order chi connectivity index (χ0) is 17.3. The summed E-state index contributed by atoms with van der Waals surface area (Å²) in [6.45, 7) is 11.7. The Kier molecular flexibility index (Phi) is 4.84. The molecule has 0 fully saturated rings. The molecule has 2 rings (SSSR count). The Morgan fingerprint density at radius 2 is 1.57 bits per heavy atom. The highest BCUT2D eigenvalue weighted by Crippen LogP contribution is 2.64. The SMILES string of the molecule is CCCC1(c2ccccc2)C(C)(C)CC(OC)=C(OC)C1(C)C. The first-order valence-corrected chi connectivity index (χ1v) is 8.65. The molecule has 1 aromatic rings. The second kappa shape index (κ2) is 6.22. The summed E-state index contributed by atoms with van der Waals surface area (Å²) in [5.41, 5.74) is 1.33. The van der Waals surface area contributed by atoms with Crippen LogP contribution in [0.4, 0.5) is 0 Å². The Labute approximate surface area is 141 Å². The zero-order valence-electron chi connectivity index (χ0n) is 15.8. The summed E-state index contributed by atoms with van der Waals surface area (Å²) in [7, 11) is 3.53. The monoisotopic (exact) mass is 316 g/mol. The number of hydrogen-bond acceptors (Lipinski definition) is 2. The molecule has 1 aliphatic carbocycles. The molecule has 1 aliphatic rings. The van der Waals surface area contributed by atoms with Gasteiger partial charge in [0, 0.05) is 17.3 Å². The Morgan fingerprint density at radius 1 is 0.957 bits per heavy atom. The van der Waals surface area contributed by atoms with Gasteiger partial charge in [0.15, 0.2) is 0 Å². The van der Waals surface area contributed by atoms with Crippen LogP contribution in [0.15, 0.2) is 41.9 Å². The average Bonchev–Trinajstić information content (AvgIpc) is 2.51. The van der Waals surface area contributed by atoms with Crippen molar-refractivity contribution in [2.45, 2.75) is 59.3 Å². The predicted octanol–water partition coefficient (Wildman–Crippen LogP) is 5.69. The first-order chi connectivity index (χ1) is 10.8. The molecule has 0 radical (unpaired) electrons. The molecule has 0 saturated carbocycles. The minimum Gasteiger partial charge on any atom is -0.498 e. The topological polar surface area (TPSA) is 18.5 Å². The molecule has 0 N–H and O–H groups in total. The van der Waals surface area contributed by atoms with Crippen molar-refractivity contribution in [3.05, 3.63) is 47.4 Å². The molecular formula is C21H32O2. The number of benzene rings is 1. The maximum Gasteiger partial charge on any atom is 0.140 e. The Hall–Kier alpha value is -1.44. The number of hydrogen-bond donors (Lipinski definition) is 0. The Morgan fingerprint density at radius 3 is 2.04 bits per heavy atom. The van der Waals surface area contributed by atoms with Crippen LogP contribution in [0.2, 0.25) is 0 Å². The van der Waals surface area contributed by atoms with Crippen molar-refractivity contribution in [1.29, 1.82) is 0 Å². The highest BCUT2D eigenvalue weighted by Gasteiger charge is 2.61. The molecule has 0 aliphatic heterocycles. The molecule has 1 atom stereocenters. The number of rotatable bonds is 5. The van der Waals surface area contributed by atoms with E-state index in [4.69, 9.17) is 9.47 Å². The number of allylic oxidation sites excluding steroid dienone is 2. The molecule has 23 heavy (non-hydrogen) atoms. The summed E-state index contributed by atoms with van der Waals surface area (Å²) in [5.74, 6) is 1.99. The highest BCUT2D eigenvalue weighted by molar-refractivity contribution is 5.39. The van der Waals surface area contributed by atoms with Crippen LogP contribution in [-0.2, 0) is 14.9 Å². The lowest BCUT2D eigenvalue weighted by atomic mass is 9.44. The maximum absolute atomic E-state index is 5.88. The highest BCUT2D eigenvalue weighted by atomic mass is 16.5. The minimum atomic E-state index is -0.147. The van der Waals surface area contributed by atoms with E-state index in [1.54, 1.807) is 14.2 Å². The Balaban J connectivity index is 2.80. The van der Waals surface area contributed by atoms with Crippen LogP contribution >= 0.6 is 0 Å². The van der Waals surface area contributed by atoms with Gasteiger partial charge in [0.25, 0.3) is 0 Å². The van der Waals surface area contributed by atoms with Gasteiger partial charge in [-0.05, 0) is 17.4 Å². The standard InChI is InChI=1S/C21H32O2/c1-8-14-21(16-12-10-9-11-13-16)19(2,3)15-17(22-6)18(23-7)20(21,4)5/h9-13H,8,14-15H2,1-7H3. The van der Waals surface area contributed by atoms with Gasteiger partial charge in [-0.1, -0.05) is 71.4 Å². The van der Waals surface area contributed by atoms with Crippen LogP contribution in [0, 0.1) is 10.8 Å². The zero-order valence-corrected chi connectivity index (χ0v) is 15.8. The fraction of sp³-hybridized carbons (Fsp3) is 0.619. The van der Waals surface area contributed by atoms with Crippen LogP contribution in [0.25, 0.3) is 0 Å². The molecule has 2 nitrogen and oxygen atoms in total. The summed E-state index contributed by atoms with van der Waals surface area (Å²) in [4.78, 5) is 0. The van der Waals surface area contributed by atoms with E-state index < -0.39 is 0 Å². The molecule has 128 valence electrons. The van der Waals surface area contributed by atoms with Gasteiger partial charge in [0.1, 0.15) is 11.5 Å². The lowest BCUT2D eigenvalue weighted by molar-refractivity contribution is -0.0345. The van der Waals surface area contributed by atoms with Gasteiger partial charge in [-0.3, -0.25) is 0 Å². The van der Waals surface area contributed by atoms with Gasteiger partial charge >= 0.3 is 0 Å². The molecule has 2 heteroatoms. The van der Waals surface area contributed by atoms with E-state index in [1.807, 2.05) is 0 Å². The van der Waals surface area contributed by atoms with Crippen LogP contribution < -0.4 is 0 Å². The molecule has 0 spiro atoms. The van der Waals surface area contributed by atoms with Crippen molar-refractivity contribution >= 4 is 0 Å². The van der Waals surface area contributed by atoms with Gasteiger partial charge in [-0.2, -0.15) is 0 Å². The summed E-state index contributed by atoms with van der Waals surface area (Å²) >= 11 is 0. The van der Waals surface area contributed by atoms with Gasteiger partial charge in [0.05, 0.1) is 14.2 Å². The van der Waals surface area contributed by atoms with Crippen molar-refractivity contribution < 1.29 is 9.47 Å². The third-order valence-corrected chi connectivity index (χ3v) is 5.99. The normalized spacial score (nSPS) is 26.0. The van der Waals surface area contributed by atoms with E-state index >= 15 is 0 Å². The summed E-state index contributed by atoms with van der Waals surface area (Å²) < 4.78 is 11.6. The summed E-state index contributed by atoms with van der Waals surface area (Å²) in [5, 5.41) is 0. The molecule has 1 unspecified atom stereocenters. The van der Waals surface area contributed by atoms with E-state index in [9.17, 15) is 0 Å². The third-order valence-electron chi connectivity index (χ3n) is 5.99. The largest absolute Gasteiger partial charge is 0.498 e. The van der Waals surface area contributed by atoms with Gasteiger partial charge in [-0.25, -0.2) is 0 Å². The fourth-order valence-electron chi connectivity index (χ4n) is 5.20. The first-order valence-electron chi connectivity index (χ1n) is 8.65. The average molecular weight is 316 g/mol. The van der Waals surface area contributed by atoms with E-state index in [2.05, 4.69) is 65.0 Å². The molecular weight excluding hydrogens is 284 g/mol. The van der Waals surface area contributed by atoms with E-state index in [0.717, 1.165) is 30.8 Å². The molecule has 0 saturated heterocycles. The van der Waals surface area contributed by atoms with Crippen molar-refractivity contribution in [2.75, 3.05) is 14.2 Å². The van der Waals surface area contributed by atoms with Crippen molar-refractivity contribution in [1.82, 2.24) is 0 Å². The smallest absolute Gasteiger partial charge is 0.140 e. The second-order valence-electron chi connectivity index (χ2n) is 7.87. The number of ether oxygens (including phenoxy) is 2. The van der Waals surface area contributed by atoms with E-state index in [0.29, 0.717) is 0 Å². The summed E-state index contributed by atoms with van der Waals surface area (Å²) in [6.07, 6.45) is 3.16. The summed E-state index contributed by atoms with van der Waals surface area (Å²) in [6, 6.07) is 11.0.